The lowest BCUT2D eigenvalue weighted by atomic mass is 10.2. The van der Waals surface area contributed by atoms with Gasteiger partial charge in [-0.15, -0.1) is 0 Å². The van der Waals surface area contributed by atoms with Gasteiger partial charge in [0.2, 0.25) is 10.0 Å². The maximum absolute atomic E-state index is 12.6. The molecule has 0 heterocycles. The summed E-state index contributed by atoms with van der Waals surface area (Å²) in [4.78, 5) is -0.370. The molecule has 8 heteroatoms. The number of nitrogens with one attached hydrogen (secondary N) is 1. The Balaban J connectivity index is 2.40. The van der Waals surface area contributed by atoms with Crippen LogP contribution in [0.2, 0.25) is 0 Å². The van der Waals surface area contributed by atoms with E-state index in [-0.39, 0.29) is 15.4 Å². The molecule has 1 aromatic carbocycles. The Hall–Kier alpha value is -0.600. The van der Waals surface area contributed by atoms with Gasteiger partial charge in [-0.1, -0.05) is 15.9 Å². The summed E-state index contributed by atoms with van der Waals surface area (Å²) in [5.41, 5.74) is -0.999. The van der Waals surface area contributed by atoms with Gasteiger partial charge in [0.25, 0.3) is 0 Å². The van der Waals surface area contributed by atoms with E-state index in [9.17, 15) is 21.6 Å². The van der Waals surface area contributed by atoms with Crippen LogP contribution >= 0.6 is 15.9 Å². The Morgan fingerprint density at radius 2 is 1.89 bits per heavy atom. The van der Waals surface area contributed by atoms with Gasteiger partial charge in [0.1, 0.15) is 0 Å². The molecule has 0 unspecified atom stereocenters. The molecule has 0 aliphatic heterocycles. The van der Waals surface area contributed by atoms with E-state index >= 15 is 0 Å². The molecule has 1 aliphatic rings. The Morgan fingerprint density at radius 3 is 2.39 bits per heavy atom. The quantitative estimate of drug-likeness (QED) is 0.917. The molecule has 1 aromatic rings. The zero-order valence-corrected chi connectivity index (χ0v) is 11.4. The molecule has 1 N–H and O–H groups in total. The molecule has 0 saturated heterocycles. The first kappa shape index (κ1) is 13.8. The highest BCUT2D eigenvalue weighted by Gasteiger charge is 2.35. The fourth-order valence-electron chi connectivity index (χ4n) is 1.38. The van der Waals surface area contributed by atoms with Crippen molar-refractivity contribution < 1.29 is 21.6 Å². The summed E-state index contributed by atoms with van der Waals surface area (Å²) >= 11 is 2.76. The van der Waals surface area contributed by atoms with Gasteiger partial charge in [0, 0.05) is 10.5 Å². The number of hydrogen-bond donors (Lipinski definition) is 1. The highest BCUT2D eigenvalue weighted by molar-refractivity contribution is 9.10. The zero-order valence-electron chi connectivity index (χ0n) is 8.96. The highest BCUT2D eigenvalue weighted by Crippen LogP contribution is 2.36. The minimum atomic E-state index is -4.59. The zero-order chi connectivity index (χ0) is 13.6. The number of rotatable bonds is 3. The predicted octanol–water partition coefficient (Wildman–Crippen LogP) is 2.91. The average molecular weight is 344 g/mol. The van der Waals surface area contributed by atoms with Crippen molar-refractivity contribution in [1.82, 2.24) is 4.72 Å². The lowest BCUT2D eigenvalue weighted by Gasteiger charge is -2.11. The minimum absolute atomic E-state index is 0.145. The van der Waals surface area contributed by atoms with Gasteiger partial charge in [0.15, 0.2) is 0 Å². The number of sulfonamides is 1. The molecular formula is C10H9BrF3NO2S. The molecule has 0 atom stereocenters. The van der Waals surface area contributed by atoms with Gasteiger partial charge >= 0.3 is 6.18 Å². The van der Waals surface area contributed by atoms with Gasteiger partial charge in [-0.2, -0.15) is 13.2 Å². The fourth-order valence-corrected chi connectivity index (χ4v) is 3.18. The van der Waals surface area contributed by atoms with E-state index in [4.69, 9.17) is 0 Å². The largest absolute Gasteiger partial charge is 0.417 e. The third-order valence-corrected chi connectivity index (χ3v) is 4.66. The van der Waals surface area contributed by atoms with Crippen LogP contribution in [0.3, 0.4) is 0 Å². The van der Waals surface area contributed by atoms with Crippen molar-refractivity contribution in [2.24, 2.45) is 0 Å². The Bertz CT molecular complexity index is 567. The second-order valence-corrected chi connectivity index (χ2v) is 6.60. The Labute approximate surface area is 111 Å². The van der Waals surface area contributed by atoms with Crippen molar-refractivity contribution >= 4 is 26.0 Å². The fraction of sp³-hybridized carbons (Fsp3) is 0.400. The van der Waals surface area contributed by atoms with Crippen molar-refractivity contribution in [3.63, 3.8) is 0 Å². The highest BCUT2D eigenvalue weighted by atomic mass is 79.9. The van der Waals surface area contributed by atoms with Gasteiger partial charge in [-0.05, 0) is 31.0 Å². The van der Waals surface area contributed by atoms with Gasteiger partial charge < -0.3 is 0 Å². The summed E-state index contributed by atoms with van der Waals surface area (Å²) in [6, 6.07) is 2.72. The maximum Gasteiger partial charge on any atom is 0.417 e. The van der Waals surface area contributed by atoms with E-state index in [0.717, 1.165) is 25.0 Å². The van der Waals surface area contributed by atoms with Gasteiger partial charge in [-0.3, -0.25) is 0 Å². The summed E-state index contributed by atoms with van der Waals surface area (Å²) < 4.78 is 63.7. The molecule has 0 aromatic heterocycles. The topological polar surface area (TPSA) is 46.2 Å². The number of benzene rings is 1. The van der Waals surface area contributed by atoms with Crippen LogP contribution in [0.25, 0.3) is 0 Å². The average Bonchev–Trinajstić information content (AvgIpc) is 2.99. The van der Waals surface area contributed by atoms with Crippen LogP contribution in [0, 0.1) is 0 Å². The van der Waals surface area contributed by atoms with Crippen LogP contribution in [-0.2, 0) is 16.2 Å². The van der Waals surface area contributed by atoms with Crippen LogP contribution in [0.15, 0.2) is 27.6 Å². The van der Waals surface area contributed by atoms with Crippen LogP contribution in [0.5, 0.6) is 0 Å². The molecule has 3 nitrogen and oxygen atoms in total. The molecule has 0 radical (unpaired) electrons. The van der Waals surface area contributed by atoms with E-state index in [0.29, 0.717) is 6.07 Å². The van der Waals surface area contributed by atoms with Crippen LogP contribution in [0.1, 0.15) is 18.4 Å². The summed E-state index contributed by atoms with van der Waals surface area (Å²) in [7, 11) is -3.87. The second-order valence-electron chi connectivity index (χ2n) is 4.03. The summed E-state index contributed by atoms with van der Waals surface area (Å²) in [5, 5.41) is 0. The lowest BCUT2D eigenvalue weighted by molar-refractivity contribution is -0.138. The Kier molecular flexibility index (Phi) is 3.46. The van der Waals surface area contributed by atoms with Crippen LogP contribution < -0.4 is 4.72 Å². The molecule has 0 bridgehead atoms. The van der Waals surface area contributed by atoms with Crippen molar-refractivity contribution in [1.29, 1.82) is 0 Å². The molecule has 0 spiro atoms. The number of alkyl halides is 3. The number of hydrogen-bond acceptors (Lipinski definition) is 2. The first-order valence-corrected chi connectivity index (χ1v) is 7.37. The van der Waals surface area contributed by atoms with E-state index in [1.807, 2.05) is 0 Å². The van der Waals surface area contributed by atoms with Crippen molar-refractivity contribution in [2.45, 2.75) is 30.0 Å². The molecule has 1 saturated carbocycles. The van der Waals surface area contributed by atoms with E-state index < -0.39 is 21.8 Å². The Morgan fingerprint density at radius 1 is 1.28 bits per heavy atom. The normalized spacial score (nSPS) is 16.9. The monoisotopic (exact) mass is 343 g/mol. The lowest BCUT2D eigenvalue weighted by Crippen LogP contribution is -2.26. The molecule has 1 fully saturated rings. The minimum Gasteiger partial charge on any atom is -0.208 e. The van der Waals surface area contributed by atoms with E-state index in [1.165, 1.54) is 0 Å². The molecular weight excluding hydrogens is 335 g/mol. The van der Waals surface area contributed by atoms with Crippen molar-refractivity contribution in [3.05, 3.63) is 28.2 Å². The van der Waals surface area contributed by atoms with Crippen molar-refractivity contribution in [2.75, 3.05) is 0 Å². The molecule has 0 amide bonds. The SMILES string of the molecule is O=S(=O)(NC1CC1)c1ccc(Br)c(C(F)(F)F)c1. The standard InChI is InChI=1S/C10H9BrF3NO2S/c11-9-4-3-7(5-8(9)10(12,13)14)18(16,17)15-6-1-2-6/h3-6,15H,1-2H2. The molecule has 1 aliphatic carbocycles. The smallest absolute Gasteiger partial charge is 0.208 e. The number of halogens is 4. The molecule has 100 valence electrons. The van der Waals surface area contributed by atoms with Gasteiger partial charge in [0.05, 0.1) is 10.5 Å². The third kappa shape index (κ3) is 3.04. The maximum atomic E-state index is 12.6. The van der Waals surface area contributed by atoms with Crippen LogP contribution in [-0.4, -0.2) is 14.5 Å². The van der Waals surface area contributed by atoms with E-state index in [1.54, 1.807) is 0 Å². The predicted molar refractivity (Wildman–Crippen MR) is 62.5 cm³/mol. The second kappa shape index (κ2) is 4.50. The summed E-state index contributed by atoms with van der Waals surface area (Å²) in [6.07, 6.45) is -3.15. The first-order valence-electron chi connectivity index (χ1n) is 5.09. The molecule has 18 heavy (non-hydrogen) atoms. The summed E-state index contributed by atoms with van der Waals surface area (Å²) in [6.45, 7) is 0. The van der Waals surface area contributed by atoms with Crippen molar-refractivity contribution in [3.8, 4) is 0 Å². The molecule has 2 rings (SSSR count). The van der Waals surface area contributed by atoms with Gasteiger partial charge in [-0.25, -0.2) is 13.1 Å². The first-order chi connectivity index (χ1) is 8.20. The van der Waals surface area contributed by atoms with Crippen LogP contribution in [0.4, 0.5) is 13.2 Å². The van der Waals surface area contributed by atoms with E-state index in [2.05, 4.69) is 20.7 Å². The third-order valence-electron chi connectivity index (χ3n) is 2.45. The summed E-state index contributed by atoms with van der Waals surface area (Å²) in [5.74, 6) is 0.